The molecule has 1 aromatic heterocycles. The second kappa shape index (κ2) is 6.06. The van der Waals surface area contributed by atoms with Crippen LogP contribution in [0.1, 0.15) is 18.2 Å². The first-order chi connectivity index (χ1) is 10.7. The number of fused-ring (bicyclic) bond motifs is 1. The number of benzene rings is 2. The molecule has 112 valence electrons. The van der Waals surface area contributed by atoms with Gasteiger partial charge in [-0.2, -0.15) is 0 Å². The molecule has 2 aromatic carbocycles. The summed E-state index contributed by atoms with van der Waals surface area (Å²) in [6.45, 7) is 4.46. The van der Waals surface area contributed by atoms with Crippen molar-refractivity contribution in [1.82, 2.24) is 4.57 Å². The number of anilines is 1. The van der Waals surface area contributed by atoms with Crippen LogP contribution in [0, 0.1) is 6.92 Å². The van der Waals surface area contributed by atoms with E-state index in [2.05, 4.69) is 35.0 Å². The maximum absolute atomic E-state index is 12.4. The van der Waals surface area contributed by atoms with Crippen molar-refractivity contribution in [2.75, 3.05) is 5.32 Å². The number of aromatic nitrogens is 1. The lowest BCUT2D eigenvalue weighted by Gasteiger charge is -2.12. The van der Waals surface area contributed by atoms with E-state index < -0.39 is 0 Å². The van der Waals surface area contributed by atoms with Crippen molar-refractivity contribution in [2.24, 2.45) is 0 Å². The molecule has 0 spiro atoms. The maximum atomic E-state index is 12.4. The van der Waals surface area contributed by atoms with Crippen LogP contribution >= 0.6 is 0 Å². The third-order valence-corrected chi connectivity index (χ3v) is 3.99. The highest BCUT2D eigenvalue weighted by molar-refractivity contribution is 5.93. The molecule has 3 nitrogen and oxygen atoms in total. The zero-order valence-electron chi connectivity index (χ0n) is 13.0. The van der Waals surface area contributed by atoms with E-state index in [1.807, 2.05) is 43.3 Å². The van der Waals surface area contributed by atoms with Gasteiger partial charge in [0.15, 0.2) is 0 Å². The van der Waals surface area contributed by atoms with E-state index in [-0.39, 0.29) is 5.91 Å². The van der Waals surface area contributed by atoms with Crippen LogP contribution in [0.3, 0.4) is 0 Å². The fourth-order valence-corrected chi connectivity index (χ4v) is 2.84. The third kappa shape index (κ3) is 2.75. The van der Waals surface area contributed by atoms with Crippen LogP contribution in [-0.2, 0) is 17.8 Å². The summed E-state index contributed by atoms with van der Waals surface area (Å²) in [4.78, 5) is 12.4. The van der Waals surface area contributed by atoms with Crippen molar-refractivity contribution in [3.63, 3.8) is 0 Å². The molecular weight excluding hydrogens is 272 g/mol. The van der Waals surface area contributed by atoms with Gasteiger partial charge < -0.3 is 9.88 Å². The van der Waals surface area contributed by atoms with Crippen LogP contribution in [0.15, 0.2) is 54.6 Å². The van der Waals surface area contributed by atoms with Gasteiger partial charge in [-0.15, -0.1) is 0 Å². The van der Waals surface area contributed by atoms with Gasteiger partial charge in [0.2, 0.25) is 5.91 Å². The average molecular weight is 292 g/mol. The number of hydrogen-bond donors (Lipinski definition) is 1. The topological polar surface area (TPSA) is 34.0 Å². The maximum Gasteiger partial charge on any atom is 0.244 e. The molecule has 1 N–H and O–H groups in total. The van der Waals surface area contributed by atoms with Gasteiger partial charge in [0.25, 0.3) is 0 Å². The zero-order chi connectivity index (χ0) is 15.5. The average Bonchev–Trinajstić information content (AvgIpc) is 2.84. The molecule has 0 saturated carbocycles. The number of carbonyl (C=O) groups excluding carboxylic acids is 1. The minimum Gasteiger partial charge on any atom is -0.335 e. The summed E-state index contributed by atoms with van der Waals surface area (Å²) >= 11 is 0. The molecule has 0 aliphatic heterocycles. The van der Waals surface area contributed by atoms with E-state index in [1.165, 1.54) is 5.39 Å². The van der Waals surface area contributed by atoms with E-state index in [1.54, 1.807) is 0 Å². The molecule has 0 aliphatic carbocycles. The highest BCUT2D eigenvalue weighted by atomic mass is 16.1. The fraction of sp³-hybridized carbons (Fsp3) is 0.211. The Bertz CT molecular complexity index is 817. The molecule has 0 fully saturated rings. The van der Waals surface area contributed by atoms with Gasteiger partial charge >= 0.3 is 0 Å². The first kappa shape index (κ1) is 14.4. The highest BCUT2D eigenvalue weighted by Crippen LogP contribution is 2.20. The molecule has 22 heavy (non-hydrogen) atoms. The van der Waals surface area contributed by atoms with Gasteiger partial charge in [-0.3, -0.25) is 4.79 Å². The monoisotopic (exact) mass is 292 g/mol. The molecule has 0 bridgehead atoms. The minimum atomic E-state index is 0.00496. The molecule has 3 heteroatoms. The molecule has 3 aromatic rings. The van der Waals surface area contributed by atoms with E-state index in [0.29, 0.717) is 6.54 Å². The zero-order valence-corrected chi connectivity index (χ0v) is 13.0. The van der Waals surface area contributed by atoms with Crippen molar-refractivity contribution >= 4 is 22.5 Å². The van der Waals surface area contributed by atoms with Gasteiger partial charge in [0.1, 0.15) is 6.54 Å². The Hall–Kier alpha value is -2.55. The smallest absolute Gasteiger partial charge is 0.244 e. The molecule has 1 heterocycles. The van der Waals surface area contributed by atoms with E-state index in [0.717, 1.165) is 28.9 Å². The van der Waals surface area contributed by atoms with Crippen LogP contribution < -0.4 is 5.32 Å². The van der Waals surface area contributed by atoms with Crippen LogP contribution in [0.2, 0.25) is 0 Å². The molecule has 0 radical (unpaired) electrons. The molecular formula is C19H20N2O. The third-order valence-electron chi connectivity index (χ3n) is 3.99. The Labute approximate surface area is 130 Å². The summed E-state index contributed by atoms with van der Waals surface area (Å²) in [5.74, 6) is 0.00496. The second-order valence-electron chi connectivity index (χ2n) is 5.49. The molecule has 1 amide bonds. The Morgan fingerprint density at radius 3 is 2.64 bits per heavy atom. The van der Waals surface area contributed by atoms with Gasteiger partial charge in [-0.05, 0) is 42.5 Å². The van der Waals surface area contributed by atoms with E-state index in [9.17, 15) is 4.79 Å². The van der Waals surface area contributed by atoms with Crippen LogP contribution in [0.25, 0.3) is 10.9 Å². The standard InChI is InChI=1S/C19H20N2O/c1-3-15-8-4-6-10-17(15)20-19(22)13-21-14(2)12-16-9-5-7-11-18(16)21/h4-12H,3,13H2,1-2H3,(H,20,22). The number of para-hydroxylation sites is 2. The van der Waals surface area contributed by atoms with Gasteiger partial charge in [-0.25, -0.2) is 0 Å². The normalized spacial score (nSPS) is 10.8. The fourth-order valence-electron chi connectivity index (χ4n) is 2.84. The number of amides is 1. The van der Waals surface area contributed by atoms with E-state index >= 15 is 0 Å². The molecule has 0 unspecified atom stereocenters. The van der Waals surface area contributed by atoms with Crippen molar-refractivity contribution in [2.45, 2.75) is 26.8 Å². The molecule has 0 atom stereocenters. The summed E-state index contributed by atoms with van der Waals surface area (Å²) in [5.41, 5.74) is 4.26. The van der Waals surface area contributed by atoms with Crippen molar-refractivity contribution in [1.29, 1.82) is 0 Å². The van der Waals surface area contributed by atoms with Gasteiger partial charge in [0, 0.05) is 16.9 Å². The summed E-state index contributed by atoms with van der Waals surface area (Å²) in [5, 5.41) is 4.20. The van der Waals surface area contributed by atoms with Crippen LogP contribution in [0.5, 0.6) is 0 Å². The van der Waals surface area contributed by atoms with Crippen molar-refractivity contribution < 1.29 is 4.79 Å². The Balaban J connectivity index is 1.83. The highest BCUT2D eigenvalue weighted by Gasteiger charge is 2.10. The van der Waals surface area contributed by atoms with Crippen LogP contribution in [-0.4, -0.2) is 10.5 Å². The number of nitrogens with one attached hydrogen (secondary N) is 1. The van der Waals surface area contributed by atoms with Crippen LogP contribution in [0.4, 0.5) is 5.69 Å². The minimum absolute atomic E-state index is 0.00496. The first-order valence-electron chi connectivity index (χ1n) is 7.61. The number of rotatable bonds is 4. The lowest BCUT2D eigenvalue weighted by Crippen LogP contribution is -2.20. The Morgan fingerprint density at radius 1 is 1.09 bits per heavy atom. The second-order valence-corrected chi connectivity index (χ2v) is 5.49. The number of nitrogens with zero attached hydrogens (tertiary/aromatic N) is 1. The summed E-state index contributed by atoms with van der Waals surface area (Å²) in [6, 6.07) is 18.2. The van der Waals surface area contributed by atoms with Crippen molar-refractivity contribution in [3.05, 3.63) is 65.9 Å². The first-order valence-corrected chi connectivity index (χ1v) is 7.61. The quantitative estimate of drug-likeness (QED) is 0.770. The lowest BCUT2D eigenvalue weighted by molar-refractivity contribution is -0.116. The summed E-state index contributed by atoms with van der Waals surface area (Å²) < 4.78 is 2.05. The number of hydrogen-bond acceptors (Lipinski definition) is 1. The lowest BCUT2D eigenvalue weighted by atomic mass is 10.1. The molecule has 0 saturated heterocycles. The Morgan fingerprint density at radius 2 is 1.82 bits per heavy atom. The van der Waals surface area contributed by atoms with Gasteiger partial charge in [0.05, 0.1) is 0 Å². The Kier molecular flexibility index (Phi) is 3.96. The largest absolute Gasteiger partial charge is 0.335 e. The number of aryl methyl sites for hydroxylation is 2. The van der Waals surface area contributed by atoms with Gasteiger partial charge in [-0.1, -0.05) is 43.3 Å². The summed E-state index contributed by atoms with van der Waals surface area (Å²) in [7, 11) is 0. The van der Waals surface area contributed by atoms with E-state index in [4.69, 9.17) is 0 Å². The van der Waals surface area contributed by atoms with Crippen molar-refractivity contribution in [3.8, 4) is 0 Å². The number of carbonyl (C=O) groups is 1. The molecule has 3 rings (SSSR count). The molecule has 0 aliphatic rings. The summed E-state index contributed by atoms with van der Waals surface area (Å²) in [6.07, 6.45) is 0.905. The SMILES string of the molecule is CCc1ccccc1NC(=O)Cn1c(C)cc2ccccc21. The predicted octanol–water partition coefficient (Wildman–Crippen LogP) is 4.15. The predicted molar refractivity (Wildman–Crippen MR) is 91.1 cm³/mol.